The van der Waals surface area contributed by atoms with Gasteiger partial charge in [0.2, 0.25) is 5.16 Å². The summed E-state index contributed by atoms with van der Waals surface area (Å²) >= 11 is 1.63. The van der Waals surface area contributed by atoms with Gasteiger partial charge in [-0.3, -0.25) is 0 Å². The van der Waals surface area contributed by atoms with Crippen LogP contribution < -0.4 is 4.74 Å². The van der Waals surface area contributed by atoms with Gasteiger partial charge in [-0.15, -0.1) is 5.10 Å². The molecule has 0 fully saturated rings. The van der Waals surface area contributed by atoms with Gasteiger partial charge in [0.25, 0.3) is 0 Å². The van der Waals surface area contributed by atoms with E-state index in [0.29, 0.717) is 13.2 Å². The van der Waals surface area contributed by atoms with E-state index in [-0.39, 0.29) is 0 Å². The van der Waals surface area contributed by atoms with Crippen molar-refractivity contribution >= 4 is 11.8 Å². The summed E-state index contributed by atoms with van der Waals surface area (Å²) in [7, 11) is 1.66. The number of nitrogens with zero attached hydrogens (tertiary/aromatic N) is 4. The van der Waals surface area contributed by atoms with E-state index in [2.05, 4.69) is 15.5 Å². The Morgan fingerprint density at radius 1 is 1.04 bits per heavy atom. The predicted octanol–water partition coefficient (Wildman–Crippen LogP) is 3.37. The second-order valence-electron chi connectivity index (χ2n) is 5.31. The molecule has 25 heavy (non-hydrogen) atoms. The van der Waals surface area contributed by atoms with Crippen LogP contribution in [-0.4, -0.2) is 39.7 Å². The second-order valence-corrected chi connectivity index (χ2v) is 6.37. The Bertz CT molecular complexity index is 762. The maximum absolute atomic E-state index is 5.71. The number of hydrogen-bond acceptors (Lipinski definition) is 6. The van der Waals surface area contributed by atoms with E-state index in [4.69, 9.17) is 9.47 Å². The maximum Gasteiger partial charge on any atom is 0.214 e. The quantitative estimate of drug-likeness (QED) is 0.433. The molecule has 2 aromatic carbocycles. The van der Waals surface area contributed by atoms with E-state index in [9.17, 15) is 0 Å². The van der Waals surface area contributed by atoms with Crippen LogP contribution >= 0.6 is 11.8 Å². The summed E-state index contributed by atoms with van der Waals surface area (Å²) in [5.74, 6) is 1.76. The lowest BCUT2D eigenvalue weighted by Crippen LogP contribution is -2.00. The fourth-order valence-electron chi connectivity index (χ4n) is 2.24. The first-order valence-electron chi connectivity index (χ1n) is 8.04. The first kappa shape index (κ1) is 17.4. The Morgan fingerprint density at radius 2 is 1.84 bits per heavy atom. The molecule has 1 aromatic heterocycles. The molecule has 0 bridgehead atoms. The third-order valence-electron chi connectivity index (χ3n) is 3.53. The Labute approximate surface area is 151 Å². The fourth-order valence-corrected chi connectivity index (χ4v) is 3.04. The topological polar surface area (TPSA) is 62.1 Å². The highest BCUT2D eigenvalue weighted by Crippen LogP contribution is 2.18. The maximum atomic E-state index is 5.71. The number of para-hydroxylation sites is 1. The van der Waals surface area contributed by atoms with Crippen molar-refractivity contribution in [2.75, 3.05) is 19.5 Å². The van der Waals surface area contributed by atoms with Gasteiger partial charge in [0, 0.05) is 12.4 Å². The summed E-state index contributed by atoms with van der Waals surface area (Å²) in [6.07, 6.45) is 0.933. The smallest absolute Gasteiger partial charge is 0.214 e. The monoisotopic (exact) mass is 356 g/mol. The highest BCUT2D eigenvalue weighted by Gasteiger charge is 2.08. The molecular formula is C18H20N4O2S. The SMILES string of the molecule is COc1ccc(COCCCSc2nnnn2-c2ccccc2)cc1. The first-order chi connectivity index (χ1) is 12.4. The van der Waals surface area contributed by atoms with E-state index < -0.39 is 0 Å². The molecule has 0 atom stereocenters. The Morgan fingerprint density at radius 3 is 2.60 bits per heavy atom. The number of hydrogen-bond donors (Lipinski definition) is 0. The minimum atomic E-state index is 0.608. The molecule has 0 N–H and O–H groups in total. The number of benzene rings is 2. The average molecular weight is 356 g/mol. The number of aromatic nitrogens is 4. The van der Waals surface area contributed by atoms with Gasteiger partial charge in [-0.05, 0) is 46.7 Å². The molecular weight excluding hydrogens is 336 g/mol. The third-order valence-corrected chi connectivity index (χ3v) is 4.54. The molecule has 3 aromatic rings. The van der Waals surface area contributed by atoms with Crippen LogP contribution in [0.3, 0.4) is 0 Å². The average Bonchev–Trinajstić information content (AvgIpc) is 3.14. The molecule has 0 aliphatic rings. The number of ether oxygens (including phenoxy) is 2. The van der Waals surface area contributed by atoms with Gasteiger partial charge in [-0.1, -0.05) is 42.1 Å². The molecule has 0 saturated carbocycles. The third kappa shape index (κ3) is 5.04. The largest absolute Gasteiger partial charge is 0.497 e. The summed E-state index contributed by atoms with van der Waals surface area (Å²) < 4.78 is 12.6. The standard InChI is InChI=1S/C18H20N4O2S/c1-23-17-10-8-15(9-11-17)14-24-12-5-13-25-18-19-20-21-22(18)16-6-3-2-4-7-16/h2-4,6-11H,5,12-14H2,1H3. The number of rotatable bonds is 9. The minimum absolute atomic E-state index is 0.608. The zero-order valence-electron chi connectivity index (χ0n) is 14.0. The lowest BCUT2D eigenvalue weighted by Gasteiger charge is -2.06. The molecule has 3 rings (SSSR count). The lowest BCUT2D eigenvalue weighted by atomic mass is 10.2. The first-order valence-corrected chi connectivity index (χ1v) is 9.02. The summed E-state index contributed by atoms with van der Waals surface area (Å²) in [5.41, 5.74) is 2.10. The van der Waals surface area contributed by atoms with Crippen LogP contribution in [0.25, 0.3) is 5.69 Å². The summed E-state index contributed by atoms with van der Waals surface area (Å²) in [6, 6.07) is 17.8. The van der Waals surface area contributed by atoms with Gasteiger partial charge in [-0.25, -0.2) is 0 Å². The Kier molecular flexibility index (Phi) is 6.42. The van der Waals surface area contributed by atoms with Crippen LogP contribution in [0, 0.1) is 0 Å². The zero-order chi connectivity index (χ0) is 17.3. The molecule has 0 saturated heterocycles. The van der Waals surface area contributed by atoms with E-state index in [1.807, 2.05) is 54.6 Å². The molecule has 7 heteroatoms. The predicted molar refractivity (Wildman–Crippen MR) is 97.1 cm³/mol. The van der Waals surface area contributed by atoms with Gasteiger partial charge in [0.05, 0.1) is 19.4 Å². The van der Waals surface area contributed by atoms with Gasteiger partial charge < -0.3 is 9.47 Å². The number of thioether (sulfide) groups is 1. The highest BCUT2D eigenvalue weighted by molar-refractivity contribution is 7.99. The van der Waals surface area contributed by atoms with E-state index in [1.54, 1.807) is 23.6 Å². The van der Waals surface area contributed by atoms with E-state index in [1.165, 1.54) is 0 Å². The van der Waals surface area contributed by atoms with Crippen molar-refractivity contribution in [3.8, 4) is 11.4 Å². The normalized spacial score (nSPS) is 10.8. The molecule has 0 spiro atoms. The zero-order valence-corrected chi connectivity index (χ0v) is 14.9. The minimum Gasteiger partial charge on any atom is -0.497 e. The Hall–Kier alpha value is -2.38. The van der Waals surface area contributed by atoms with Crippen LogP contribution in [-0.2, 0) is 11.3 Å². The van der Waals surface area contributed by atoms with Crippen LogP contribution in [0.4, 0.5) is 0 Å². The fraction of sp³-hybridized carbons (Fsp3) is 0.278. The van der Waals surface area contributed by atoms with Crippen molar-refractivity contribution in [2.24, 2.45) is 0 Å². The summed E-state index contributed by atoms with van der Waals surface area (Å²) in [5, 5.41) is 12.7. The number of tetrazole rings is 1. The summed E-state index contributed by atoms with van der Waals surface area (Å²) in [4.78, 5) is 0. The molecule has 6 nitrogen and oxygen atoms in total. The van der Waals surface area contributed by atoms with Crippen molar-refractivity contribution in [3.05, 3.63) is 60.2 Å². The van der Waals surface area contributed by atoms with Gasteiger partial charge in [0.15, 0.2) is 0 Å². The molecule has 1 heterocycles. The molecule has 0 unspecified atom stereocenters. The van der Waals surface area contributed by atoms with Crippen molar-refractivity contribution in [1.82, 2.24) is 20.2 Å². The van der Waals surface area contributed by atoms with Crippen LogP contribution in [0.1, 0.15) is 12.0 Å². The molecule has 130 valence electrons. The summed E-state index contributed by atoms with van der Waals surface area (Å²) in [6.45, 7) is 1.31. The van der Waals surface area contributed by atoms with Crippen molar-refractivity contribution in [3.63, 3.8) is 0 Å². The second kappa shape index (κ2) is 9.19. The van der Waals surface area contributed by atoms with Crippen LogP contribution in [0.5, 0.6) is 5.75 Å². The van der Waals surface area contributed by atoms with Gasteiger partial charge >= 0.3 is 0 Å². The highest BCUT2D eigenvalue weighted by atomic mass is 32.2. The lowest BCUT2D eigenvalue weighted by molar-refractivity contribution is 0.122. The van der Waals surface area contributed by atoms with Gasteiger partial charge in [0.1, 0.15) is 5.75 Å². The van der Waals surface area contributed by atoms with Crippen molar-refractivity contribution in [2.45, 2.75) is 18.2 Å². The van der Waals surface area contributed by atoms with E-state index >= 15 is 0 Å². The van der Waals surface area contributed by atoms with Gasteiger partial charge in [-0.2, -0.15) is 4.68 Å². The van der Waals surface area contributed by atoms with Crippen LogP contribution in [0.2, 0.25) is 0 Å². The van der Waals surface area contributed by atoms with E-state index in [0.717, 1.165) is 34.3 Å². The molecule has 0 aliphatic carbocycles. The molecule has 0 amide bonds. The molecule has 0 aliphatic heterocycles. The van der Waals surface area contributed by atoms with Crippen molar-refractivity contribution in [1.29, 1.82) is 0 Å². The van der Waals surface area contributed by atoms with Crippen LogP contribution in [0.15, 0.2) is 59.8 Å². The molecule has 0 radical (unpaired) electrons. The van der Waals surface area contributed by atoms with Crippen molar-refractivity contribution < 1.29 is 9.47 Å². The Balaban J connectivity index is 1.38. The number of methoxy groups -OCH3 is 1.